The Bertz CT molecular complexity index is 606. The third-order valence-electron chi connectivity index (χ3n) is 3.40. The summed E-state index contributed by atoms with van der Waals surface area (Å²) in [6, 6.07) is 11.7. The van der Waals surface area contributed by atoms with Crippen LogP contribution in [-0.2, 0) is 6.61 Å². The zero-order valence-corrected chi connectivity index (χ0v) is 13.1. The van der Waals surface area contributed by atoms with Gasteiger partial charge in [0.15, 0.2) is 0 Å². The highest BCUT2D eigenvalue weighted by atomic mass is 16.5. The van der Waals surface area contributed by atoms with Crippen molar-refractivity contribution in [1.82, 2.24) is 4.98 Å². The lowest BCUT2D eigenvalue weighted by molar-refractivity contribution is 0.280. The lowest BCUT2D eigenvalue weighted by Gasteiger charge is -2.12. The van der Waals surface area contributed by atoms with Crippen LogP contribution in [0.25, 0.3) is 0 Å². The average Bonchev–Trinajstić information content (AvgIpc) is 2.47. The molecular weight excluding hydrogens is 262 g/mol. The van der Waals surface area contributed by atoms with E-state index in [0.717, 1.165) is 17.0 Å². The number of benzene rings is 1. The van der Waals surface area contributed by atoms with E-state index < -0.39 is 0 Å². The van der Waals surface area contributed by atoms with Gasteiger partial charge in [-0.2, -0.15) is 0 Å². The van der Waals surface area contributed by atoms with E-state index in [2.05, 4.69) is 38.7 Å². The quantitative estimate of drug-likeness (QED) is 0.872. The van der Waals surface area contributed by atoms with Gasteiger partial charge in [0.1, 0.15) is 5.75 Å². The van der Waals surface area contributed by atoms with Crippen LogP contribution < -0.4 is 4.74 Å². The van der Waals surface area contributed by atoms with Crippen molar-refractivity contribution in [3.05, 3.63) is 53.2 Å². The molecule has 0 aliphatic carbocycles. The van der Waals surface area contributed by atoms with Gasteiger partial charge in [-0.1, -0.05) is 39.8 Å². The standard InChI is InChI=1S/C18H23NO2/c1-12(2)15-6-5-7-16(10-15)21-18-9-14(11-20)8-17(19-18)13(3)4/h5-10,12-13,20H,11H2,1-4H3. The fraction of sp³-hybridized carbons (Fsp3) is 0.389. The third kappa shape index (κ3) is 4.05. The molecule has 3 heteroatoms. The van der Waals surface area contributed by atoms with Gasteiger partial charge in [0.25, 0.3) is 0 Å². The summed E-state index contributed by atoms with van der Waals surface area (Å²) >= 11 is 0. The molecule has 0 aliphatic heterocycles. The second-order valence-electron chi connectivity index (χ2n) is 5.88. The lowest BCUT2D eigenvalue weighted by atomic mass is 10.0. The normalized spacial score (nSPS) is 11.2. The van der Waals surface area contributed by atoms with Gasteiger partial charge in [0.2, 0.25) is 5.88 Å². The van der Waals surface area contributed by atoms with Gasteiger partial charge in [0.05, 0.1) is 6.61 Å². The van der Waals surface area contributed by atoms with Gasteiger partial charge >= 0.3 is 0 Å². The maximum absolute atomic E-state index is 9.37. The highest BCUT2D eigenvalue weighted by Gasteiger charge is 2.08. The van der Waals surface area contributed by atoms with Gasteiger partial charge in [-0.05, 0) is 41.2 Å². The second kappa shape index (κ2) is 6.72. The first-order valence-corrected chi connectivity index (χ1v) is 7.39. The van der Waals surface area contributed by atoms with Crippen molar-refractivity contribution in [3.8, 4) is 11.6 Å². The molecule has 3 nitrogen and oxygen atoms in total. The zero-order valence-electron chi connectivity index (χ0n) is 13.1. The third-order valence-corrected chi connectivity index (χ3v) is 3.40. The predicted octanol–water partition coefficient (Wildman–Crippen LogP) is 4.61. The summed E-state index contributed by atoms with van der Waals surface area (Å²) in [5.74, 6) is 2.06. The average molecular weight is 285 g/mol. The Hall–Kier alpha value is -1.87. The van der Waals surface area contributed by atoms with Gasteiger partial charge in [-0.25, -0.2) is 4.98 Å². The Kier molecular flexibility index (Phi) is 4.97. The monoisotopic (exact) mass is 285 g/mol. The molecule has 1 aromatic carbocycles. The molecule has 0 radical (unpaired) electrons. The molecule has 0 saturated heterocycles. The number of ether oxygens (including phenoxy) is 1. The van der Waals surface area contributed by atoms with E-state index in [4.69, 9.17) is 4.74 Å². The number of aliphatic hydroxyl groups is 1. The summed E-state index contributed by atoms with van der Waals surface area (Å²) < 4.78 is 5.88. The van der Waals surface area contributed by atoms with Crippen LogP contribution >= 0.6 is 0 Å². The fourth-order valence-electron chi connectivity index (χ4n) is 2.08. The number of hydrogen-bond acceptors (Lipinski definition) is 3. The minimum atomic E-state index is -0.00929. The van der Waals surface area contributed by atoms with Crippen molar-refractivity contribution in [2.45, 2.75) is 46.1 Å². The summed E-state index contributed by atoms with van der Waals surface area (Å²) in [5, 5.41) is 9.37. The fourth-order valence-corrected chi connectivity index (χ4v) is 2.08. The van der Waals surface area contributed by atoms with Crippen LogP contribution in [0.5, 0.6) is 11.6 Å². The van der Waals surface area contributed by atoms with Crippen LogP contribution in [0.1, 0.15) is 56.4 Å². The number of aromatic nitrogens is 1. The first-order chi connectivity index (χ1) is 9.99. The molecule has 0 bridgehead atoms. The Morgan fingerprint density at radius 3 is 2.43 bits per heavy atom. The van der Waals surface area contributed by atoms with Gasteiger partial charge < -0.3 is 9.84 Å². The van der Waals surface area contributed by atoms with Crippen molar-refractivity contribution in [2.24, 2.45) is 0 Å². The van der Waals surface area contributed by atoms with Crippen molar-refractivity contribution in [2.75, 3.05) is 0 Å². The van der Waals surface area contributed by atoms with Crippen LogP contribution in [0.15, 0.2) is 36.4 Å². The molecule has 2 rings (SSSR count). The molecule has 0 amide bonds. The first-order valence-electron chi connectivity index (χ1n) is 7.39. The van der Waals surface area contributed by atoms with Gasteiger partial charge in [0, 0.05) is 11.8 Å². The second-order valence-corrected chi connectivity index (χ2v) is 5.88. The molecule has 21 heavy (non-hydrogen) atoms. The molecule has 0 unspecified atom stereocenters. The maximum Gasteiger partial charge on any atom is 0.219 e. The van der Waals surface area contributed by atoms with Gasteiger partial charge in [-0.3, -0.25) is 0 Å². The molecule has 1 heterocycles. The van der Waals surface area contributed by atoms with Crippen LogP contribution in [0, 0.1) is 0 Å². The van der Waals surface area contributed by atoms with Crippen LogP contribution in [0.4, 0.5) is 0 Å². The van der Waals surface area contributed by atoms with Crippen LogP contribution in [0.3, 0.4) is 0 Å². The van der Waals surface area contributed by atoms with E-state index in [1.165, 1.54) is 5.56 Å². The molecule has 112 valence electrons. The summed E-state index contributed by atoms with van der Waals surface area (Å²) in [6.45, 7) is 8.45. The largest absolute Gasteiger partial charge is 0.439 e. The highest BCUT2D eigenvalue weighted by Crippen LogP contribution is 2.26. The molecular formula is C18H23NO2. The topological polar surface area (TPSA) is 42.4 Å². The van der Waals surface area contributed by atoms with E-state index in [-0.39, 0.29) is 6.61 Å². The number of aliphatic hydroxyl groups excluding tert-OH is 1. The minimum absolute atomic E-state index is 0.00929. The lowest BCUT2D eigenvalue weighted by Crippen LogP contribution is -1.99. The summed E-state index contributed by atoms with van der Waals surface area (Å²) in [6.07, 6.45) is 0. The van der Waals surface area contributed by atoms with E-state index in [1.54, 1.807) is 6.07 Å². The minimum Gasteiger partial charge on any atom is -0.439 e. The van der Waals surface area contributed by atoms with E-state index in [9.17, 15) is 5.11 Å². The van der Waals surface area contributed by atoms with Crippen LogP contribution in [0.2, 0.25) is 0 Å². The summed E-state index contributed by atoms with van der Waals surface area (Å²) in [5.41, 5.74) is 2.98. The van der Waals surface area contributed by atoms with E-state index in [0.29, 0.717) is 17.7 Å². The molecule has 0 saturated carbocycles. The first kappa shape index (κ1) is 15.5. The predicted molar refractivity (Wildman–Crippen MR) is 84.9 cm³/mol. The zero-order chi connectivity index (χ0) is 15.4. The van der Waals surface area contributed by atoms with Crippen molar-refractivity contribution in [1.29, 1.82) is 0 Å². The van der Waals surface area contributed by atoms with Crippen molar-refractivity contribution < 1.29 is 9.84 Å². The molecule has 0 spiro atoms. The molecule has 2 aromatic rings. The van der Waals surface area contributed by atoms with Crippen molar-refractivity contribution in [3.63, 3.8) is 0 Å². The number of pyridine rings is 1. The molecule has 0 fully saturated rings. The van der Waals surface area contributed by atoms with Crippen LogP contribution in [-0.4, -0.2) is 10.1 Å². The molecule has 0 atom stereocenters. The number of nitrogens with zero attached hydrogens (tertiary/aromatic N) is 1. The van der Waals surface area contributed by atoms with E-state index >= 15 is 0 Å². The highest BCUT2D eigenvalue weighted by molar-refractivity contribution is 5.34. The van der Waals surface area contributed by atoms with Crippen molar-refractivity contribution >= 4 is 0 Å². The maximum atomic E-state index is 9.37. The molecule has 0 aliphatic rings. The Morgan fingerprint density at radius 2 is 1.81 bits per heavy atom. The van der Waals surface area contributed by atoms with Gasteiger partial charge in [-0.15, -0.1) is 0 Å². The smallest absolute Gasteiger partial charge is 0.219 e. The van der Waals surface area contributed by atoms with E-state index in [1.807, 2.05) is 24.3 Å². The summed E-state index contributed by atoms with van der Waals surface area (Å²) in [4.78, 5) is 4.52. The summed E-state index contributed by atoms with van der Waals surface area (Å²) in [7, 11) is 0. The Balaban J connectivity index is 2.30. The molecule has 1 N–H and O–H groups in total. The Morgan fingerprint density at radius 1 is 1.05 bits per heavy atom. The Labute approximate surface area is 126 Å². The number of hydrogen-bond donors (Lipinski definition) is 1. The number of rotatable bonds is 5. The molecule has 1 aromatic heterocycles. The SMILES string of the molecule is CC(C)c1cccc(Oc2cc(CO)cc(C(C)C)n2)c1.